The molecule has 0 atom stereocenters. The molecule has 0 aliphatic carbocycles. The fraction of sp³-hybridized carbons (Fsp3) is 0.160. The van der Waals surface area contributed by atoms with Gasteiger partial charge in [0.2, 0.25) is 5.76 Å². The van der Waals surface area contributed by atoms with Gasteiger partial charge in [0.05, 0.1) is 20.8 Å². The molecule has 3 aromatic rings. The molecule has 186 valence electrons. The fourth-order valence-corrected chi connectivity index (χ4v) is 4.61. The highest BCUT2D eigenvalue weighted by molar-refractivity contribution is 9.11. The van der Waals surface area contributed by atoms with Gasteiger partial charge in [-0.2, -0.15) is 0 Å². The summed E-state index contributed by atoms with van der Waals surface area (Å²) in [6, 6.07) is 13.3. The number of imide groups is 1. The molecule has 1 aromatic heterocycles. The average molecular weight is 620 g/mol. The van der Waals surface area contributed by atoms with Gasteiger partial charge in [0.25, 0.3) is 5.91 Å². The molecule has 2 heterocycles. The summed E-state index contributed by atoms with van der Waals surface area (Å²) >= 11 is 6.95. The highest BCUT2D eigenvalue weighted by Gasteiger charge is 2.34. The number of hydrogen-bond acceptors (Lipinski definition) is 7. The lowest BCUT2D eigenvalue weighted by atomic mass is 10.1. The number of hydrogen-bond donors (Lipinski definition) is 1. The molecule has 4 rings (SSSR count). The van der Waals surface area contributed by atoms with Gasteiger partial charge in [0, 0.05) is 20.1 Å². The van der Waals surface area contributed by atoms with Crippen molar-refractivity contribution in [3.8, 4) is 11.5 Å². The molecule has 1 saturated heterocycles. The summed E-state index contributed by atoms with van der Waals surface area (Å²) in [6.07, 6.45) is 1.52. The van der Waals surface area contributed by atoms with Gasteiger partial charge in [0.15, 0.2) is 11.5 Å². The third kappa shape index (κ3) is 5.47. The summed E-state index contributed by atoms with van der Waals surface area (Å²) in [6.45, 7) is 0.0793. The van der Waals surface area contributed by atoms with Crippen LogP contribution in [0.15, 0.2) is 67.6 Å². The second-order valence-corrected chi connectivity index (χ2v) is 9.31. The van der Waals surface area contributed by atoms with E-state index in [0.717, 1.165) is 19.4 Å². The van der Waals surface area contributed by atoms with Crippen molar-refractivity contribution in [3.63, 3.8) is 0 Å². The highest BCUT2D eigenvalue weighted by atomic mass is 79.9. The van der Waals surface area contributed by atoms with Crippen LogP contribution in [-0.2, 0) is 22.7 Å². The van der Waals surface area contributed by atoms with Crippen LogP contribution in [0.1, 0.15) is 27.4 Å². The van der Waals surface area contributed by atoms with Crippen molar-refractivity contribution in [3.05, 3.63) is 85.8 Å². The van der Waals surface area contributed by atoms with E-state index in [0.29, 0.717) is 17.1 Å². The molecule has 9 nitrogen and oxygen atoms in total. The van der Waals surface area contributed by atoms with Crippen molar-refractivity contribution in [1.29, 1.82) is 0 Å². The molecule has 1 aliphatic rings. The normalized spacial score (nSPS) is 14.2. The summed E-state index contributed by atoms with van der Waals surface area (Å²) in [5, 5.41) is 2.57. The lowest BCUT2D eigenvalue weighted by molar-refractivity contribution is -0.123. The van der Waals surface area contributed by atoms with Crippen LogP contribution in [-0.4, -0.2) is 37.0 Å². The summed E-state index contributed by atoms with van der Waals surface area (Å²) in [5.41, 5.74) is 1.51. The SMILES string of the molecule is COC(=O)c1ccc(CN2C(=O)N/C(=C/c3cccc(OC)c3OCc3ccc(Br)cc3Br)C2=O)o1. The summed E-state index contributed by atoms with van der Waals surface area (Å²) in [7, 11) is 2.75. The Morgan fingerprint density at radius 1 is 1.11 bits per heavy atom. The van der Waals surface area contributed by atoms with Gasteiger partial charge in [-0.1, -0.05) is 50.1 Å². The number of esters is 1. The second kappa shape index (κ2) is 11.0. The number of nitrogens with zero attached hydrogens (tertiary/aromatic N) is 1. The number of furan rings is 1. The Labute approximate surface area is 223 Å². The third-order valence-electron chi connectivity index (χ3n) is 5.24. The van der Waals surface area contributed by atoms with E-state index >= 15 is 0 Å². The molecular weight excluding hydrogens is 600 g/mol. The molecule has 1 N–H and O–H groups in total. The Balaban J connectivity index is 1.56. The minimum atomic E-state index is -0.653. The van der Waals surface area contributed by atoms with E-state index in [1.165, 1.54) is 32.4 Å². The summed E-state index contributed by atoms with van der Waals surface area (Å²) in [4.78, 5) is 38.1. The van der Waals surface area contributed by atoms with Crippen LogP contribution in [0.2, 0.25) is 0 Å². The van der Waals surface area contributed by atoms with Crippen molar-refractivity contribution < 1.29 is 33.0 Å². The first-order valence-corrected chi connectivity index (χ1v) is 12.1. The van der Waals surface area contributed by atoms with Crippen LogP contribution < -0.4 is 14.8 Å². The van der Waals surface area contributed by atoms with Gasteiger partial charge < -0.3 is 23.9 Å². The number of nitrogens with one attached hydrogen (secondary N) is 1. The lowest BCUT2D eigenvalue weighted by Gasteiger charge is -2.14. The highest BCUT2D eigenvalue weighted by Crippen LogP contribution is 2.34. The number of amides is 3. The van der Waals surface area contributed by atoms with Crippen molar-refractivity contribution in [2.24, 2.45) is 0 Å². The van der Waals surface area contributed by atoms with Gasteiger partial charge >= 0.3 is 12.0 Å². The molecule has 0 saturated carbocycles. The molecule has 1 fully saturated rings. The van der Waals surface area contributed by atoms with E-state index in [1.54, 1.807) is 18.2 Å². The Morgan fingerprint density at radius 3 is 2.64 bits per heavy atom. The first-order chi connectivity index (χ1) is 17.3. The van der Waals surface area contributed by atoms with Gasteiger partial charge in [-0.3, -0.25) is 9.69 Å². The van der Waals surface area contributed by atoms with Crippen LogP contribution >= 0.6 is 31.9 Å². The third-order valence-corrected chi connectivity index (χ3v) is 6.47. The van der Waals surface area contributed by atoms with Gasteiger partial charge in [-0.05, 0) is 36.4 Å². The number of para-hydroxylation sites is 1. The number of rotatable bonds is 8. The van der Waals surface area contributed by atoms with Crippen molar-refractivity contribution in [2.45, 2.75) is 13.2 Å². The molecule has 0 unspecified atom stereocenters. The molecule has 0 bridgehead atoms. The fourth-order valence-electron chi connectivity index (χ4n) is 3.45. The quantitative estimate of drug-likeness (QED) is 0.208. The van der Waals surface area contributed by atoms with Crippen molar-refractivity contribution in [2.75, 3.05) is 14.2 Å². The predicted octanol–water partition coefficient (Wildman–Crippen LogP) is 5.27. The van der Waals surface area contributed by atoms with E-state index in [2.05, 4.69) is 41.9 Å². The number of carbonyl (C=O) groups is 3. The van der Waals surface area contributed by atoms with Crippen LogP contribution in [0.3, 0.4) is 0 Å². The number of ether oxygens (including phenoxy) is 3. The van der Waals surface area contributed by atoms with Gasteiger partial charge in [0.1, 0.15) is 18.1 Å². The van der Waals surface area contributed by atoms with E-state index in [-0.39, 0.29) is 30.4 Å². The van der Waals surface area contributed by atoms with Crippen LogP contribution in [0.25, 0.3) is 6.08 Å². The van der Waals surface area contributed by atoms with Crippen LogP contribution in [0, 0.1) is 0 Å². The largest absolute Gasteiger partial charge is 0.493 e. The first kappa shape index (κ1) is 25.5. The topological polar surface area (TPSA) is 107 Å². The standard InChI is InChI=1S/C25H20Br2N2O7/c1-33-20-5-3-4-14(22(20)35-13-15-6-7-16(26)11-18(15)27)10-19-23(30)29(25(32)28-19)12-17-8-9-21(36-17)24(31)34-2/h3-11H,12-13H2,1-2H3,(H,28,32)/b19-10+. The minimum absolute atomic E-state index is 0.0223. The maximum atomic E-state index is 13.0. The first-order valence-electron chi connectivity index (χ1n) is 10.6. The predicted molar refractivity (Wildman–Crippen MR) is 136 cm³/mol. The Hall–Kier alpha value is -3.57. The number of benzene rings is 2. The maximum absolute atomic E-state index is 13.0. The minimum Gasteiger partial charge on any atom is -0.493 e. The number of methoxy groups -OCH3 is 2. The zero-order valence-corrected chi connectivity index (χ0v) is 22.3. The van der Waals surface area contributed by atoms with Gasteiger partial charge in [-0.15, -0.1) is 0 Å². The lowest BCUT2D eigenvalue weighted by Crippen LogP contribution is -2.30. The van der Waals surface area contributed by atoms with E-state index < -0.39 is 17.9 Å². The molecule has 2 aromatic carbocycles. The summed E-state index contributed by atoms with van der Waals surface area (Å²) < 4.78 is 23.3. The Morgan fingerprint density at radius 2 is 1.92 bits per heavy atom. The summed E-state index contributed by atoms with van der Waals surface area (Å²) in [5.74, 6) is -0.0922. The second-order valence-electron chi connectivity index (χ2n) is 7.54. The number of urea groups is 1. The van der Waals surface area contributed by atoms with Crippen LogP contribution in [0.5, 0.6) is 11.5 Å². The molecule has 1 aliphatic heterocycles. The Bertz CT molecular complexity index is 1370. The van der Waals surface area contributed by atoms with Gasteiger partial charge in [-0.25, -0.2) is 9.59 Å². The van der Waals surface area contributed by atoms with E-state index in [1.807, 2.05) is 18.2 Å². The Kier molecular flexibility index (Phi) is 7.80. The molecule has 0 radical (unpaired) electrons. The smallest absolute Gasteiger partial charge is 0.373 e. The zero-order chi connectivity index (χ0) is 25.8. The molecule has 3 amide bonds. The maximum Gasteiger partial charge on any atom is 0.373 e. The number of halogens is 2. The molecule has 0 spiro atoms. The van der Waals surface area contributed by atoms with Crippen molar-refractivity contribution in [1.82, 2.24) is 10.2 Å². The molecule has 11 heteroatoms. The zero-order valence-electron chi connectivity index (χ0n) is 19.2. The number of carbonyl (C=O) groups excluding carboxylic acids is 3. The average Bonchev–Trinajstić information content (AvgIpc) is 3.44. The molecule has 36 heavy (non-hydrogen) atoms. The van der Waals surface area contributed by atoms with Crippen LogP contribution in [0.4, 0.5) is 4.79 Å². The van der Waals surface area contributed by atoms with Crippen molar-refractivity contribution >= 4 is 55.8 Å². The van der Waals surface area contributed by atoms with E-state index in [9.17, 15) is 14.4 Å². The monoisotopic (exact) mass is 618 g/mol. The van der Waals surface area contributed by atoms with E-state index in [4.69, 9.17) is 13.9 Å². The molecular formula is C25H20Br2N2O7.